The van der Waals surface area contributed by atoms with E-state index in [4.69, 9.17) is 4.42 Å². The molecule has 0 aliphatic heterocycles. The van der Waals surface area contributed by atoms with Gasteiger partial charge >= 0.3 is 0 Å². The fourth-order valence-electron chi connectivity index (χ4n) is 3.62. The maximum absolute atomic E-state index is 12.9. The number of furan rings is 1. The van der Waals surface area contributed by atoms with Gasteiger partial charge < -0.3 is 19.6 Å². The summed E-state index contributed by atoms with van der Waals surface area (Å²) in [6.07, 6.45) is 3.22. The van der Waals surface area contributed by atoms with E-state index in [1.54, 1.807) is 48.9 Å². The van der Waals surface area contributed by atoms with Crippen LogP contribution in [0.5, 0.6) is 0 Å². The maximum Gasteiger partial charge on any atom is 0.263 e. The lowest BCUT2D eigenvalue weighted by Gasteiger charge is -2.10. The van der Waals surface area contributed by atoms with Gasteiger partial charge in [-0.1, -0.05) is 42.0 Å². The summed E-state index contributed by atoms with van der Waals surface area (Å²) in [5.74, 6) is -0.0457. The molecule has 0 aliphatic carbocycles. The molecule has 0 saturated carbocycles. The minimum absolute atomic E-state index is 0.0718. The quantitative estimate of drug-likeness (QED) is 0.424. The largest absolute Gasteiger partial charge is 0.467 e. The van der Waals surface area contributed by atoms with E-state index in [1.807, 2.05) is 37.3 Å². The summed E-state index contributed by atoms with van der Waals surface area (Å²) in [6.45, 7) is 2.85. The molecule has 0 spiro atoms. The van der Waals surface area contributed by atoms with Crippen molar-refractivity contribution in [2.45, 2.75) is 26.6 Å². The molecule has 0 fully saturated rings. The van der Waals surface area contributed by atoms with Gasteiger partial charge in [0.2, 0.25) is 0 Å². The number of aromatic nitrogens is 1. The van der Waals surface area contributed by atoms with Crippen molar-refractivity contribution in [3.63, 3.8) is 0 Å². The number of nitrogens with zero attached hydrogens (tertiary/aromatic N) is 1. The number of hydrogen-bond donors (Lipinski definition) is 2. The van der Waals surface area contributed by atoms with Gasteiger partial charge in [0, 0.05) is 18.3 Å². The molecular formula is C27H25N3O4. The van der Waals surface area contributed by atoms with Crippen LogP contribution in [0.2, 0.25) is 0 Å². The monoisotopic (exact) mass is 455 g/mol. The van der Waals surface area contributed by atoms with Crippen LogP contribution in [0.3, 0.4) is 0 Å². The fourth-order valence-corrected chi connectivity index (χ4v) is 3.62. The molecule has 0 bridgehead atoms. The summed E-state index contributed by atoms with van der Waals surface area (Å²) in [5.41, 5.74) is 3.03. The molecule has 2 aromatic carbocycles. The Bertz CT molecular complexity index is 1360. The number of carbonyl (C=O) groups excluding carboxylic acids is 2. The third-order valence-electron chi connectivity index (χ3n) is 5.35. The number of aryl methyl sites for hydroxylation is 1. The Morgan fingerprint density at radius 3 is 2.44 bits per heavy atom. The predicted molar refractivity (Wildman–Crippen MR) is 128 cm³/mol. The molecule has 4 aromatic rings. The van der Waals surface area contributed by atoms with Crippen molar-refractivity contribution >= 4 is 11.8 Å². The fraction of sp³-hybridized carbons (Fsp3) is 0.148. The summed E-state index contributed by atoms with van der Waals surface area (Å²) < 4.78 is 6.74. The molecule has 34 heavy (non-hydrogen) atoms. The lowest BCUT2D eigenvalue weighted by atomic mass is 10.1. The Balaban J connectivity index is 1.39. The second-order valence-corrected chi connectivity index (χ2v) is 7.99. The Labute approximate surface area is 197 Å². The van der Waals surface area contributed by atoms with Crippen molar-refractivity contribution in [2.24, 2.45) is 0 Å². The normalized spacial score (nSPS) is 10.6. The van der Waals surface area contributed by atoms with Crippen LogP contribution in [0.1, 0.15) is 43.2 Å². The first-order chi connectivity index (χ1) is 16.5. The van der Waals surface area contributed by atoms with E-state index in [0.29, 0.717) is 17.9 Å². The average Bonchev–Trinajstić information content (AvgIpc) is 3.36. The van der Waals surface area contributed by atoms with Gasteiger partial charge in [-0.3, -0.25) is 14.4 Å². The van der Waals surface area contributed by atoms with Crippen LogP contribution in [-0.2, 0) is 19.6 Å². The molecule has 2 N–H and O–H groups in total. The highest BCUT2D eigenvalue weighted by atomic mass is 16.3. The lowest BCUT2D eigenvalue weighted by Crippen LogP contribution is -2.32. The van der Waals surface area contributed by atoms with E-state index < -0.39 is 5.91 Å². The van der Waals surface area contributed by atoms with Gasteiger partial charge in [-0.15, -0.1) is 0 Å². The van der Waals surface area contributed by atoms with Crippen molar-refractivity contribution in [1.29, 1.82) is 0 Å². The zero-order valence-corrected chi connectivity index (χ0v) is 18.8. The van der Waals surface area contributed by atoms with E-state index in [9.17, 15) is 14.4 Å². The summed E-state index contributed by atoms with van der Waals surface area (Å²) in [4.78, 5) is 38.0. The molecule has 2 amide bonds. The number of rotatable bonds is 8. The van der Waals surface area contributed by atoms with Crippen LogP contribution >= 0.6 is 0 Å². The second kappa shape index (κ2) is 10.5. The number of nitrogens with one attached hydrogen (secondary N) is 2. The summed E-state index contributed by atoms with van der Waals surface area (Å²) in [6, 6.07) is 21.6. The van der Waals surface area contributed by atoms with E-state index in [-0.39, 0.29) is 30.1 Å². The first-order valence-electron chi connectivity index (χ1n) is 10.9. The third-order valence-corrected chi connectivity index (χ3v) is 5.35. The van der Waals surface area contributed by atoms with Gasteiger partial charge in [-0.25, -0.2) is 0 Å². The van der Waals surface area contributed by atoms with Gasteiger partial charge in [0.1, 0.15) is 11.3 Å². The molecule has 4 rings (SSSR count). The van der Waals surface area contributed by atoms with E-state index in [2.05, 4.69) is 10.6 Å². The Kier molecular flexibility index (Phi) is 7.03. The number of hydrogen-bond acceptors (Lipinski definition) is 4. The van der Waals surface area contributed by atoms with Crippen LogP contribution in [0, 0.1) is 6.92 Å². The highest BCUT2D eigenvalue weighted by Gasteiger charge is 2.13. The van der Waals surface area contributed by atoms with E-state index in [1.165, 1.54) is 10.6 Å². The molecule has 0 unspecified atom stereocenters. The van der Waals surface area contributed by atoms with Crippen molar-refractivity contribution in [3.05, 3.63) is 129 Å². The van der Waals surface area contributed by atoms with Crippen LogP contribution in [0.25, 0.3) is 0 Å². The molecule has 7 nitrogen and oxygen atoms in total. The lowest BCUT2D eigenvalue weighted by molar-refractivity contribution is 0.0942. The van der Waals surface area contributed by atoms with Gasteiger partial charge in [0.05, 0.1) is 19.4 Å². The highest BCUT2D eigenvalue weighted by Crippen LogP contribution is 2.08. The zero-order valence-electron chi connectivity index (χ0n) is 18.8. The first-order valence-corrected chi connectivity index (χ1v) is 10.9. The number of benzene rings is 2. The summed E-state index contributed by atoms with van der Waals surface area (Å²) in [5, 5.41) is 5.57. The SMILES string of the molecule is Cc1cccc(Cn2cccc(C(=O)NCc3cccc(C(=O)NCc4ccco4)c3)c2=O)c1. The van der Waals surface area contributed by atoms with Crippen LogP contribution in [-0.4, -0.2) is 16.4 Å². The minimum Gasteiger partial charge on any atom is -0.467 e. The van der Waals surface area contributed by atoms with Crippen LogP contribution in [0.15, 0.2) is 94.5 Å². The zero-order chi connectivity index (χ0) is 23.9. The number of carbonyl (C=O) groups is 2. The van der Waals surface area contributed by atoms with E-state index in [0.717, 1.165) is 16.7 Å². The van der Waals surface area contributed by atoms with Crippen molar-refractivity contribution in [3.8, 4) is 0 Å². The van der Waals surface area contributed by atoms with Gasteiger partial charge in [0.15, 0.2) is 0 Å². The van der Waals surface area contributed by atoms with Gasteiger partial charge in [0.25, 0.3) is 17.4 Å². The second-order valence-electron chi connectivity index (χ2n) is 7.99. The number of pyridine rings is 1. The first kappa shape index (κ1) is 22.8. The van der Waals surface area contributed by atoms with Gasteiger partial charge in [-0.05, 0) is 54.4 Å². The molecule has 2 heterocycles. The number of amides is 2. The maximum atomic E-state index is 12.9. The molecule has 7 heteroatoms. The molecule has 0 aliphatic rings. The van der Waals surface area contributed by atoms with Crippen molar-refractivity contribution in [1.82, 2.24) is 15.2 Å². The molecular weight excluding hydrogens is 430 g/mol. The molecule has 0 saturated heterocycles. The van der Waals surface area contributed by atoms with Gasteiger partial charge in [-0.2, -0.15) is 0 Å². The Morgan fingerprint density at radius 1 is 0.853 bits per heavy atom. The highest BCUT2D eigenvalue weighted by molar-refractivity contribution is 5.95. The molecule has 0 radical (unpaired) electrons. The van der Waals surface area contributed by atoms with Crippen LogP contribution < -0.4 is 16.2 Å². The van der Waals surface area contributed by atoms with Crippen molar-refractivity contribution in [2.75, 3.05) is 0 Å². The molecule has 172 valence electrons. The standard InChI is InChI=1S/C27H25N3O4/c1-19-6-2-8-21(14-19)18-30-12-4-11-24(27(30)33)26(32)28-16-20-7-3-9-22(15-20)25(31)29-17-23-10-5-13-34-23/h2-15H,16-18H2,1H3,(H,28,32)(H,29,31). The molecule has 0 atom stereocenters. The van der Waals surface area contributed by atoms with Crippen molar-refractivity contribution < 1.29 is 14.0 Å². The topological polar surface area (TPSA) is 93.3 Å². The minimum atomic E-state index is -0.462. The Hall–Kier alpha value is -4.39. The average molecular weight is 456 g/mol. The Morgan fingerprint density at radius 2 is 1.65 bits per heavy atom. The third kappa shape index (κ3) is 5.69. The summed E-state index contributed by atoms with van der Waals surface area (Å²) >= 11 is 0. The smallest absolute Gasteiger partial charge is 0.263 e. The van der Waals surface area contributed by atoms with E-state index >= 15 is 0 Å². The summed E-state index contributed by atoms with van der Waals surface area (Å²) in [7, 11) is 0. The van der Waals surface area contributed by atoms with Crippen LogP contribution in [0.4, 0.5) is 0 Å². The molecule has 2 aromatic heterocycles. The predicted octanol–water partition coefficient (Wildman–Crippen LogP) is 3.66.